The maximum atomic E-state index is 13.2. The van der Waals surface area contributed by atoms with Gasteiger partial charge in [-0.05, 0) is 50.5 Å². The molecule has 6 nitrogen and oxygen atoms in total. The van der Waals surface area contributed by atoms with Crippen LogP contribution in [0.5, 0.6) is 0 Å². The SMILES string of the molecule is Cc1ccc(S(=O)(=O)n2cc(B(O)OC(C)(C)C(C)(C)C)c3cccnc32)cc1. The van der Waals surface area contributed by atoms with Crippen LogP contribution in [0.2, 0.25) is 0 Å². The lowest BCUT2D eigenvalue weighted by Crippen LogP contribution is -2.48. The third-order valence-corrected chi connectivity index (χ3v) is 7.28. The van der Waals surface area contributed by atoms with Gasteiger partial charge in [0.2, 0.25) is 0 Å². The molecule has 0 aliphatic carbocycles. The summed E-state index contributed by atoms with van der Waals surface area (Å²) in [5.41, 5.74) is 0.686. The molecule has 0 bridgehead atoms. The van der Waals surface area contributed by atoms with Crippen LogP contribution in [0.25, 0.3) is 11.0 Å². The summed E-state index contributed by atoms with van der Waals surface area (Å²) in [7, 11) is -5.18. The molecule has 0 fully saturated rings. The van der Waals surface area contributed by atoms with Gasteiger partial charge in [0.25, 0.3) is 10.0 Å². The quantitative estimate of drug-likeness (QED) is 0.649. The van der Waals surface area contributed by atoms with Crippen molar-refractivity contribution in [3.8, 4) is 0 Å². The van der Waals surface area contributed by atoms with Crippen LogP contribution in [-0.4, -0.2) is 35.1 Å². The number of aromatic nitrogens is 2. The first-order valence-corrected chi connectivity index (χ1v) is 10.9. The van der Waals surface area contributed by atoms with Crippen LogP contribution in [0, 0.1) is 12.3 Å². The number of rotatable bonds is 5. The maximum absolute atomic E-state index is 13.2. The highest BCUT2D eigenvalue weighted by Crippen LogP contribution is 2.33. The summed E-state index contributed by atoms with van der Waals surface area (Å²) in [4.78, 5) is 4.41. The molecule has 0 aliphatic heterocycles. The molecule has 0 unspecified atom stereocenters. The highest BCUT2D eigenvalue weighted by Gasteiger charge is 2.39. The highest BCUT2D eigenvalue weighted by molar-refractivity contribution is 7.90. The normalized spacial score (nSPS) is 13.1. The van der Waals surface area contributed by atoms with Crippen LogP contribution >= 0.6 is 0 Å². The topological polar surface area (TPSA) is 81.4 Å². The second-order valence-corrected chi connectivity index (χ2v) is 10.6. The number of pyridine rings is 1. The number of aryl methyl sites for hydroxylation is 1. The summed E-state index contributed by atoms with van der Waals surface area (Å²) in [6.07, 6.45) is 2.93. The van der Waals surface area contributed by atoms with E-state index >= 15 is 0 Å². The van der Waals surface area contributed by atoms with E-state index in [2.05, 4.69) is 4.98 Å². The first-order valence-electron chi connectivity index (χ1n) is 9.49. The Morgan fingerprint density at radius 2 is 1.69 bits per heavy atom. The van der Waals surface area contributed by atoms with E-state index in [1.165, 1.54) is 12.4 Å². The van der Waals surface area contributed by atoms with E-state index < -0.39 is 22.7 Å². The van der Waals surface area contributed by atoms with Crippen LogP contribution in [0.1, 0.15) is 40.2 Å². The van der Waals surface area contributed by atoms with Crippen molar-refractivity contribution in [3.05, 3.63) is 54.4 Å². The molecule has 0 radical (unpaired) electrons. The molecule has 29 heavy (non-hydrogen) atoms. The third-order valence-electron chi connectivity index (χ3n) is 5.62. The second kappa shape index (κ2) is 7.27. The Labute approximate surface area is 172 Å². The third kappa shape index (κ3) is 3.97. The van der Waals surface area contributed by atoms with Gasteiger partial charge >= 0.3 is 7.12 Å². The fraction of sp³-hybridized carbons (Fsp3) is 0.381. The van der Waals surface area contributed by atoms with Gasteiger partial charge < -0.3 is 9.68 Å². The second-order valence-electron chi connectivity index (χ2n) is 8.80. The first kappa shape index (κ1) is 21.6. The molecule has 1 aromatic carbocycles. The Bertz CT molecular complexity index is 1130. The Morgan fingerprint density at radius 1 is 1.07 bits per heavy atom. The molecule has 2 aromatic heterocycles. The number of nitrogens with zero attached hydrogens (tertiary/aromatic N) is 2. The molecular formula is C21H27BN2O4S. The van der Waals surface area contributed by atoms with Gasteiger partial charge in [0, 0.05) is 23.2 Å². The van der Waals surface area contributed by atoms with E-state index in [9.17, 15) is 13.4 Å². The molecule has 0 amide bonds. The van der Waals surface area contributed by atoms with Crippen LogP contribution in [0.3, 0.4) is 0 Å². The molecule has 0 spiro atoms. The van der Waals surface area contributed by atoms with Crippen molar-refractivity contribution in [1.82, 2.24) is 8.96 Å². The Kier molecular flexibility index (Phi) is 5.40. The zero-order valence-corrected chi connectivity index (χ0v) is 18.5. The average molecular weight is 414 g/mol. The van der Waals surface area contributed by atoms with E-state index in [4.69, 9.17) is 4.65 Å². The van der Waals surface area contributed by atoms with Crippen LogP contribution in [-0.2, 0) is 14.7 Å². The predicted molar refractivity (Wildman–Crippen MR) is 116 cm³/mol. The minimum Gasteiger partial charge on any atom is -0.423 e. The number of fused-ring (bicyclic) bond motifs is 1. The summed E-state index contributed by atoms with van der Waals surface area (Å²) in [6.45, 7) is 11.8. The van der Waals surface area contributed by atoms with Crippen LogP contribution in [0.4, 0.5) is 0 Å². The number of hydrogen-bond donors (Lipinski definition) is 1. The van der Waals surface area contributed by atoms with Crippen molar-refractivity contribution >= 4 is 33.6 Å². The van der Waals surface area contributed by atoms with Gasteiger partial charge in [0.05, 0.1) is 10.5 Å². The van der Waals surface area contributed by atoms with Crippen molar-refractivity contribution in [2.75, 3.05) is 0 Å². The number of benzene rings is 1. The Hall–Kier alpha value is -2.16. The minimum absolute atomic E-state index is 0.155. The first-order chi connectivity index (χ1) is 13.3. The molecule has 8 heteroatoms. The van der Waals surface area contributed by atoms with E-state index in [-0.39, 0.29) is 16.0 Å². The fourth-order valence-corrected chi connectivity index (χ4v) is 4.11. The molecule has 0 saturated heterocycles. The van der Waals surface area contributed by atoms with Gasteiger partial charge in [-0.25, -0.2) is 17.4 Å². The zero-order chi connectivity index (χ0) is 21.6. The highest BCUT2D eigenvalue weighted by atomic mass is 32.2. The lowest BCUT2D eigenvalue weighted by atomic mass is 9.73. The van der Waals surface area contributed by atoms with Gasteiger partial charge in [-0.2, -0.15) is 0 Å². The monoisotopic (exact) mass is 414 g/mol. The summed E-state index contributed by atoms with van der Waals surface area (Å²) < 4.78 is 33.6. The minimum atomic E-state index is -3.88. The van der Waals surface area contributed by atoms with Gasteiger partial charge in [-0.3, -0.25) is 0 Å². The van der Waals surface area contributed by atoms with Gasteiger partial charge in [-0.1, -0.05) is 38.5 Å². The fourth-order valence-electron chi connectivity index (χ4n) is 2.78. The van der Waals surface area contributed by atoms with E-state index in [1.807, 2.05) is 41.5 Å². The standard InChI is InChI=1S/C21H27BN2O4S/c1-15-9-11-16(12-10-15)29(26,27)24-14-18(17-8-7-13-23-19(17)24)22(25)28-21(5,6)20(2,3)4/h7-14,25H,1-6H3. The van der Waals surface area contributed by atoms with Crippen molar-refractivity contribution in [3.63, 3.8) is 0 Å². The number of hydrogen-bond acceptors (Lipinski definition) is 5. The van der Waals surface area contributed by atoms with Crippen molar-refractivity contribution in [2.24, 2.45) is 5.41 Å². The van der Waals surface area contributed by atoms with E-state index in [0.717, 1.165) is 9.54 Å². The lowest BCUT2D eigenvalue weighted by molar-refractivity contribution is -0.0128. The summed E-state index contributed by atoms with van der Waals surface area (Å²) in [6, 6.07) is 10.1. The molecule has 0 atom stereocenters. The molecule has 3 aromatic rings. The lowest BCUT2D eigenvalue weighted by Gasteiger charge is -2.39. The summed E-state index contributed by atoms with van der Waals surface area (Å²) in [5, 5.41) is 11.4. The van der Waals surface area contributed by atoms with Crippen LogP contribution in [0.15, 0.2) is 53.7 Å². The summed E-state index contributed by atoms with van der Waals surface area (Å²) in [5.74, 6) is 0. The average Bonchev–Trinajstić information content (AvgIpc) is 3.01. The van der Waals surface area contributed by atoms with Crippen molar-refractivity contribution < 1.29 is 18.1 Å². The molecule has 2 heterocycles. The zero-order valence-electron chi connectivity index (χ0n) is 17.7. The molecule has 154 valence electrons. The van der Waals surface area contributed by atoms with Gasteiger partial charge in [-0.15, -0.1) is 0 Å². The molecule has 1 N–H and O–H groups in total. The van der Waals surface area contributed by atoms with Gasteiger partial charge in [0.15, 0.2) is 5.65 Å². The van der Waals surface area contributed by atoms with Gasteiger partial charge in [0.1, 0.15) is 0 Å². The maximum Gasteiger partial charge on any atom is 0.493 e. The van der Waals surface area contributed by atoms with E-state index in [1.54, 1.807) is 36.4 Å². The molecule has 0 saturated carbocycles. The summed E-state index contributed by atoms with van der Waals surface area (Å²) >= 11 is 0. The largest absolute Gasteiger partial charge is 0.493 e. The molecule has 0 aliphatic rings. The van der Waals surface area contributed by atoms with Crippen molar-refractivity contribution in [1.29, 1.82) is 0 Å². The Morgan fingerprint density at radius 3 is 2.28 bits per heavy atom. The van der Waals surface area contributed by atoms with Crippen LogP contribution < -0.4 is 5.46 Å². The molecule has 3 rings (SSSR count). The Balaban J connectivity index is 2.12. The smallest absolute Gasteiger partial charge is 0.423 e. The predicted octanol–water partition coefficient (Wildman–Crippen LogP) is 3.11. The molecular weight excluding hydrogens is 387 g/mol. The van der Waals surface area contributed by atoms with E-state index in [0.29, 0.717) is 10.8 Å². The van der Waals surface area contributed by atoms with Crippen molar-refractivity contribution in [2.45, 2.75) is 52.0 Å².